The van der Waals surface area contributed by atoms with Gasteiger partial charge in [0.1, 0.15) is 10.7 Å². The molecule has 3 rings (SSSR count). The van der Waals surface area contributed by atoms with Crippen LogP contribution in [0.5, 0.6) is 11.5 Å². The molecule has 1 N–H and O–H groups in total. The van der Waals surface area contributed by atoms with Crippen molar-refractivity contribution in [2.75, 3.05) is 53.4 Å². The monoisotopic (exact) mass is 580 g/mol. The summed E-state index contributed by atoms with van der Waals surface area (Å²) in [6.45, 7) is 1.37. The van der Waals surface area contributed by atoms with E-state index in [2.05, 4.69) is 10.3 Å². The molecule has 1 heterocycles. The molecule has 0 fully saturated rings. The third-order valence-corrected chi connectivity index (χ3v) is 7.22. The van der Waals surface area contributed by atoms with Crippen LogP contribution in [0.15, 0.2) is 41.8 Å². The summed E-state index contributed by atoms with van der Waals surface area (Å²) in [5.74, 6) is 1.10. The number of carbonyl (C=O) groups is 2. The summed E-state index contributed by atoms with van der Waals surface area (Å²) >= 11 is 13.3. The lowest BCUT2D eigenvalue weighted by Crippen LogP contribution is -2.37. The summed E-state index contributed by atoms with van der Waals surface area (Å²) in [5, 5.41) is 5.88. The maximum Gasteiger partial charge on any atom is 0.322 e. The second kappa shape index (κ2) is 14.2. The Morgan fingerprint density at radius 1 is 1.00 bits per heavy atom. The molecular weight excluding hydrogens is 551 g/mol. The number of carbonyl (C=O) groups excluding carboxylic acids is 2. The molecule has 0 aliphatic carbocycles. The van der Waals surface area contributed by atoms with E-state index in [1.807, 2.05) is 18.2 Å². The van der Waals surface area contributed by atoms with E-state index in [1.54, 1.807) is 61.8 Å². The van der Waals surface area contributed by atoms with Gasteiger partial charge in [0.15, 0.2) is 11.5 Å². The van der Waals surface area contributed by atoms with Gasteiger partial charge in [0, 0.05) is 38.3 Å². The molecule has 0 atom stereocenters. The van der Waals surface area contributed by atoms with Gasteiger partial charge >= 0.3 is 6.03 Å². The average Bonchev–Trinajstić information content (AvgIpc) is 3.39. The summed E-state index contributed by atoms with van der Waals surface area (Å²) in [6, 6.07) is 10.2. The Bertz CT molecular complexity index is 1260. The minimum atomic E-state index is -0.351. The fourth-order valence-electron chi connectivity index (χ4n) is 3.51. The first-order valence-electron chi connectivity index (χ1n) is 11.7. The van der Waals surface area contributed by atoms with Crippen LogP contribution >= 0.6 is 34.5 Å². The smallest absolute Gasteiger partial charge is 0.322 e. The van der Waals surface area contributed by atoms with E-state index in [-0.39, 0.29) is 18.5 Å². The fraction of sp³-hybridized carbons (Fsp3) is 0.346. The molecule has 12 heteroatoms. The molecule has 0 bridgehead atoms. The zero-order chi connectivity index (χ0) is 27.7. The maximum atomic E-state index is 13.0. The summed E-state index contributed by atoms with van der Waals surface area (Å²) in [4.78, 5) is 33.6. The minimum Gasteiger partial charge on any atom is -0.493 e. The van der Waals surface area contributed by atoms with Crippen molar-refractivity contribution < 1.29 is 23.8 Å². The van der Waals surface area contributed by atoms with E-state index in [4.69, 9.17) is 37.4 Å². The second-order valence-electron chi connectivity index (χ2n) is 8.27. The zero-order valence-electron chi connectivity index (χ0n) is 21.6. The SMILES string of the molecule is COCCN(Cc1nc(C(=O)N(C)CCc2ccc(OC)c(OC)c2)cs1)C(=O)Nc1ccc(Cl)c(Cl)c1. The summed E-state index contributed by atoms with van der Waals surface area (Å²) in [7, 11) is 6.47. The lowest BCUT2D eigenvalue weighted by molar-refractivity contribution is 0.0791. The summed E-state index contributed by atoms with van der Waals surface area (Å²) < 4.78 is 15.8. The van der Waals surface area contributed by atoms with Crippen molar-refractivity contribution in [3.05, 3.63) is 68.1 Å². The number of hydrogen-bond donors (Lipinski definition) is 1. The molecule has 3 aromatic rings. The number of anilines is 1. The molecule has 0 spiro atoms. The molecule has 0 saturated heterocycles. The van der Waals surface area contributed by atoms with E-state index in [1.165, 1.54) is 11.3 Å². The van der Waals surface area contributed by atoms with E-state index in [0.29, 0.717) is 64.1 Å². The van der Waals surface area contributed by atoms with Gasteiger partial charge in [-0.05, 0) is 42.3 Å². The van der Waals surface area contributed by atoms with Gasteiger partial charge in [0.05, 0.1) is 37.4 Å². The van der Waals surface area contributed by atoms with Crippen molar-refractivity contribution in [2.24, 2.45) is 0 Å². The topological polar surface area (TPSA) is 93.2 Å². The van der Waals surface area contributed by atoms with Crippen molar-refractivity contribution in [1.29, 1.82) is 0 Å². The molecule has 0 radical (unpaired) electrons. The highest BCUT2D eigenvalue weighted by atomic mass is 35.5. The first-order chi connectivity index (χ1) is 18.2. The molecule has 0 saturated carbocycles. The average molecular weight is 582 g/mol. The van der Waals surface area contributed by atoms with Crippen LogP contribution in [-0.4, -0.2) is 74.8 Å². The second-order valence-corrected chi connectivity index (χ2v) is 10.0. The Labute approximate surface area is 236 Å². The van der Waals surface area contributed by atoms with E-state index >= 15 is 0 Å². The molecule has 9 nitrogen and oxygen atoms in total. The molecule has 204 valence electrons. The van der Waals surface area contributed by atoms with Crippen LogP contribution in [0.4, 0.5) is 10.5 Å². The van der Waals surface area contributed by atoms with E-state index in [0.717, 1.165) is 5.56 Å². The third-order valence-electron chi connectivity index (χ3n) is 5.65. The van der Waals surface area contributed by atoms with Crippen molar-refractivity contribution in [3.8, 4) is 11.5 Å². The lowest BCUT2D eigenvalue weighted by atomic mass is 10.1. The van der Waals surface area contributed by atoms with Crippen LogP contribution in [0.2, 0.25) is 10.0 Å². The maximum absolute atomic E-state index is 13.0. The highest BCUT2D eigenvalue weighted by molar-refractivity contribution is 7.09. The molecule has 0 aliphatic rings. The quantitative estimate of drug-likeness (QED) is 0.305. The molecule has 2 aromatic carbocycles. The molecule has 38 heavy (non-hydrogen) atoms. The fourth-order valence-corrected chi connectivity index (χ4v) is 4.59. The number of methoxy groups -OCH3 is 3. The van der Waals surface area contributed by atoms with Crippen LogP contribution in [0.1, 0.15) is 21.1 Å². The van der Waals surface area contributed by atoms with Gasteiger partial charge in [0.25, 0.3) is 5.91 Å². The Hall–Kier alpha value is -3.05. The predicted molar refractivity (Wildman–Crippen MR) is 150 cm³/mol. The summed E-state index contributed by atoms with van der Waals surface area (Å²) in [5.41, 5.74) is 1.86. The lowest BCUT2D eigenvalue weighted by Gasteiger charge is -2.22. The van der Waals surface area contributed by atoms with Crippen LogP contribution in [0.3, 0.4) is 0 Å². The largest absolute Gasteiger partial charge is 0.493 e. The Balaban J connectivity index is 1.62. The van der Waals surface area contributed by atoms with Gasteiger partial charge in [-0.2, -0.15) is 0 Å². The number of benzene rings is 2. The Morgan fingerprint density at radius 2 is 1.76 bits per heavy atom. The van der Waals surface area contributed by atoms with E-state index < -0.39 is 0 Å². The van der Waals surface area contributed by atoms with Gasteiger partial charge in [0.2, 0.25) is 0 Å². The Morgan fingerprint density at radius 3 is 2.45 bits per heavy atom. The van der Waals surface area contributed by atoms with Crippen molar-refractivity contribution in [1.82, 2.24) is 14.8 Å². The first-order valence-corrected chi connectivity index (χ1v) is 13.3. The predicted octanol–water partition coefficient (Wildman–Crippen LogP) is 5.46. The van der Waals surface area contributed by atoms with Crippen LogP contribution in [0.25, 0.3) is 0 Å². The number of nitrogens with zero attached hydrogens (tertiary/aromatic N) is 3. The van der Waals surface area contributed by atoms with E-state index in [9.17, 15) is 9.59 Å². The highest BCUT2D eigenvalue weighted by Gasteiger charge is 2.20. The number of ether oxygens (including phenoxy) is 3. The number of amides is 3. The molecule has 3 amide bonds. The number of aromatic nitrogens is 1. The highest BCUT2D eigenvalue weighted by Crippen LogP contribution is 2.28. The zero-order valence-corrected chi connectivity index (χ0v) is 24.0. The van der Waals surface area contributed by atoms with Gasteiger partial charge in [-0.15, -0.1) is 11.3 Å². The number of hydrogen-bond acceptors (Lipinski definition) is 7. The third kappa shape index (κ3) is 7.97. The molecule has 0 unspecified atom stereocenters. The number of likely N-dealkylation sites (N-methyl/N-ethyl adjacent to an activating group) is 1. The first kappa shape index (κ1) is 29.5. The van der Waals surface area contributed by atoms with Crippen molar-refractivity contribution in [2.45, 2.75) is 13.0 Å². The Kier molecular flexibility index (Phi) is 11.0. The summed E-state index contributed by atoms with van der Waals surface area (Å²) in [6.07, 6.45) is 0.638. The van der Waals surface area contributed by atoms with Gasteiger partial charge in [-0.25, -0.2) is 9.78 Å². The number of halogens is 2. The molecule has 0 aliphatic heterocycles. The van der Waals surface area contributed by atoms with Crippen molar-refractivity contribution >= 4 is 52.2 Å². The van der Waals surface area contributed by atoms with Crippen LogP contribution < -0.4 is 14.8 Å². The van der Waals surface area contributed by atoms with Crippen LogP contribution in [0, 0.1) is 0 Å². The number of rotatable bonds is 12. The van der Waals surface area contributed by atoms with Crippen LogP contribution in [-0.2, 0) is 17.7 Å². The van der Waals surface area contributed by atoms with Gasteiger partial charge in [-0.3, -0.25) is 4.79 Å². The van der Waals surface area contributed by atoms with Crippen molar-refractivity contribution in [3.63, 3.8) is 0 Å². The number of thiazole rings is 1. The number of urea groups is 1. The normalized spacial score (nSPS) is 10.7. The molecular formula is C26H30Cl2N4O5S. The molecule has 1 aromatic heterocycles. The van der Waals surface area contributed by atoms with Gasteiger partial charge < -0.3 is 29.3 Å². The van der Waals surface area contributed by atoms with Gasteiger partial charge in [-0.1, -0.05) is 29.3 Å². The standard InChI is InChI=1S/C26H30Cl2N4O5S/c1-31(10-9-17-5-8-22(36-3)23(13-17)37-4)25(33)21-16-38-24(30-21)15-32(11-12-35-2)26(34)29-18-6-7-19(27)20(28)14-18/h5-8,13-14,16H,9-12,15H2,1-4H3,(H,29,34). The number of nitrogens with one attached hydrogen (secondary N) is 1. The minimum absolute atomic E-state index is 0.198.